The highest BCUT2D eigenvalue weighted by molar-refractivity contribution is 7.47. The summed E-state index contributed by atoms with van der Waals surface area (Å²) in [4.78, 5) is 72.1. The summed E-state index contributed by atoms with van der Waals surface area (Å²) in [5.41, 5.74) is 0. The fourth-order valence-electron chi connectivity index (χ4n) is 9.53. The fraction of sp³-hybridized carbons (Fsp3) is 0.938. The van der Waals surface area contributed by atoms with Gasteiger partial charge in [-0.1, -0.05) is 266 Å². The van der Waals surface area contributed by atoms with E-state index in [1.165, 1.54) is 122 Å². The zero-order valence-electron chi connectivity index (χ0n) is 53.5. The number of unbranched alkanes of at least 4 members (excludes halogenated alkanes) is 33. The highest BCUT2D eigenvalue weighted by Crippen LogP contribution is 2.45. The SMILES string of the molecule is CCCCCCCCCCCCCCCCC(=O)O[C@H](COC(=O)CCCCCCCCCCCCC(C)C)COP(=O)(O)OC[C@@H](O)COP(=O)(O)OC[C@@H](COC(=O)CCCCCCCCC)OC(=O)CCCCCCCCC(C)C. The molecule has 0 heterocycles. The van der Waals surface area contributed by atoms with E-state index in [2.05, 4.69) is 41.5 Å². The first-order chi connectivity index (χ1) is 39.9. The maximum absolute atomic E-state index is 13.0. The van der Waals surface area contributed by atoms with Crippen LogP contribution in [0.3, 0.4) is 0 Å². The normalized spacial score (nSPS) is 14.3. The number of hydrogen-bond acceptors (Lipinski definition) is 15. The molecule has 0 radical (unpaired) electrons. The smallest absolute Gasteiger partial charge is 0.462 e. The second-order valence-electron chi connectivity index (χ2n) is 24.1. The van der Waals surface area contributed by atoms with Gasteiger partial charge in [-0.25, -0.2) is 9.13 Å². The molecule has 0 aliphatic rings. The Kier molecular flexibility index (Phi) is 55.2. The van der Waals surface area contributed by atoms with Crippen LogP contribution in [0.25, 0.3) is 0 Å². The van der Waals surface area contributed by atoms with E-state index in [-0.39, 0.29) is 25.7 Å². The molecule has 17 nitrogen and oxygen atoms in total. The van der Waals surface area contributed by atoms with Crippen molar-refractivity contribution in [3.8, 4) is 0 Å². The van der Waals surface area contributed by atoms with Crippen molar-refractivity contribution in [2.45, 2.75) is 336 Å². The zero-order chi connectivity index (χ0) is 61.5. The fourth-order valence-corrected chi connectivity index (χ4v) is 11.1. The summed E-state index contributed by atoms with van der Waals surface area (Å²) in [5, 5.41) is 10.5. The highest BCUT2D eigenvalue weighted by Gasteiger charge is 2.30. The standard InChI is InChI=1S/C64H124O17P2/c1-7-9-11-13-15-16-17-18-19-20-25-29-36-42-48-63(68)80-59(53-75-62(67)47-41-35-28-24-22-21-23-27-32-38-44-56(3)4)54-78-82(70,71)76-50-58(65)51-77-83(72,73)79-55-60(52-74-61(66)46-40-34-26-14-12-10-8-2)81-64(69)49-43-37-31-30-33-39-45-57(5)6/h56-60,65H,7-55H2,1-6H3,(H,70,71)(H,72,73)/t58-,59-,60-/m1/s1. The summed E-state index contributed by atoms with van der Waals surface area (Å²) >= 11 is 0. The number of aliphatic hydroxyl groups is 1. The number of phosphoric acid groups is 2. The number of esters is 4. The van der Waals surface area contributed by atoms with E-state index in [0.29, 0.717) is 31.6 Å². The van der Waals surface area contributed by atoms with Crippen LogP contribution in [0, 0.1) is 11.8 Å². The molecule has 0 saturated heterocycles. The van der Waals surface area contributed by atoms with Crippen LogP contribution in [0.15, 0.2) is 0 Å². The van der Waals surface area contributed by atoms with Crippen molar-refractivity contribution < 1.29 is 80.2 Å². The van der Waals surface area contributed by atoms with Crippen molar-refractivity contribution in [2.24, 2.45) is 11.8 Å². The summed E-state index contributed by atoms with van der Waals surface area (Å²) in [7, 11) is -9.88. The Hall–Kier alpha value is -1.94. The van der Waals surface area contributed by atoms with E-state index in [1.807, 2.05) is 0 Å². The first kappa shape index (κ1) is 81.1. The quantitative estimate of drug-likeness (QED) is 0.0222. The number of hydrogen-bond donors (Lipinski definition) is 3. The van der Waals surface area contributed by atoms with Gasteiger partial charge in [-0.2, -0.15) is 0 Å². The monoisotopic (exact) mass is 1230 g/mol. The zero-order valence-corrected chi connectivity index (χ0v) is 55.3. The minimum atomic E-state index is -4.94. The van der Waals surface area contributed by atoms with E-state index >= 15 is 0 Å². The molecule has 5 atom stereocenters. The van der Waals surface area contributed by atoms with Crippen LogP contribution in [0.2, 0.25) is 0 Å². The molecule has 0 amide bonds. The lowest BCUT2D eigenvalue weighted by atomic mass is 10.0. The number of aliphatic hydroxyl groups excluding tert-OH is 1. The molecule has 0 rings (SSSR count). The number of rotatable bonds is 63. The number of ether oxygens (including phenoxy) is 4. The maximum atomic E-state index is 13.0. The molecule has 0 bridgehead atoms. The molecule has 0 fully saturated rings. The van der Waals surface area contributed by atoms with E-state index in [9.17, 15) is 43.2 Å². The van der Waals surface area contributed by atoms with Crippen molar-refractivity contribution in [2.75, 3.05) is 39.6 Å². The summed E-state index contributed by atoms with van der Waals surface area (Å²) in [6.07, 6.45) is 39.2. The molecule has 0 aromatic carbocycles. The topological polar surface area (TPSA) is 237 Å². The van der Waals surface area contributed by atoms with Gasteiger partial charge in [0, 0.05) is 25.7 Å². The van der Waals surface area contributed by atoms with Gasteiger partial charge in [-0.3, -0.25) is 37.3 Å². The Labute approximate surface area is 505 Å². The average molecular weight is 1230 g/mol. The maximum Gasteiger partial charge on any atom is 0.472 e. The molecule has 0 spiro atoms. The molecule has 0 aliphatic carbocycles. The van der Waals surface area contributed by atoms with Crippen molar-refractivity contribution >= 4 is 39.5 Å². The van der Waals surface area contributed by atoms with Gasteiger partial charge in [0.1, 0.15) is 19.3 Å². The largest absolute Gasteiger partial charge is 0.472 e. The summed E-state index contributed by atoms with van der Waals surface area (Å²) in [5.74, 6) is -0.712. The number of carbonyl (C=O) groups excluding carboxylic acids is 4. The van der Waals surface area contributed by atoms with E-state index in [4.69, 9.17) is 37.0 Å². The van der Waals surface area contributed by atoms with Crippen LogP contribution in [-0.4, -0.2) is 96.7 Å². The third-order valence-corrected chi connectivity index (χ3v) is 16.6. The second kappa shape index (κ2) is 56.6. The minimum absolute atomic E-state index is 0.102. The van der Waals surface area contributed by atoms with Gasteiger partial charge in [-0.05, 0) is 37.5 Å². The van der Waals surface area contributed by atoms with Gasteiger partial charge in [0.2, 0.25) is 0 Å². The first-order valence-electron chi connectivity index (χ1n) is 33.5. The summed E-state index contributed by atoms with van der Waals surface area (Å²) in [6, 6.07) is 0. The average Bonchev–Trinajstić information content (AvgIpc) is 3.46. The predicted octanol–water partition coefficient (Wildman–Crippen LogP) is 17.7. The molecular formula is C64H124O17P2. The Balaban J connectivity index is 5.21. The van der Waals surface area contributed by atoms with Crippen LogP contribution in [0.5, 0.6) is 0 Å². The molecule has 0 aliphatic heterocycles. The first-order valence-corrected chi connectivity index (χ1v) is 36.5. The van der Waals surface area contributed by atoms with Gasteiger partial charge in [0.05, 0.1) is 26.4 Å². The molecule has 492 valence electrons. The van der Waals surface area contributed by atoms with E-state index < -0.39 is 97.5 Å². The molecule has 0 aromatic rings. The van der Waals surface area contributed by atoms with Crippen molar-refractivity contribution in [3.05, 3.63) is 0 Å². The van der Waals surface area contributed by atoms with Crippen LogP contribution < -0.4 is 0 Å². The van der Waals surface area contributed by atoms with Gasteiger partial charge in [0.25, 0.3) is 0 Å². The van der Waals surface area contributed by atoms with E-state index in [0.717, 1.165) is 109 Å². The van der Waals surface area contributed by atoms with Crippen molar-refractivity contribution in [3.63, 3.8) is 0 Å². The van der Waals surface area contributed by atoms with Gasteiger partial charge in [0.15, 0.2) is 12.2 Å². The second-order valence-corrected chi connectivity index (χ2v) is 27.0. The third kappa shape index (κ3) is 58.8. The minimum Gasteiger partial charge on any atom is -0.462 e. The van der Waals surface area contributed by atoms with E-state index in [1.54, 1.807) is 0 Å². The van der Waals surface area contributed by atoms with Gasteiger partial charge < -0.3 is 33.8 Å². The van der Waals surface area contributed by atoms with Crippen LogP contribution >= 0.6 is 15.6 Å². The molecule has 3 N–H and O–H groups in total. The van der Waals surface area contributed by atoms with Gasteiger partial charge in [-0.15, -0.1) is 0 Å². The number of phosphoric ester groups is 2. The Bertz CT molecular complexity index is 1630. The molecule has 19 heteroatoms. The molecule has 83 heavy (non-hydrogen) atoms. The third-order valence-electron chi connectivity index (χ3n) is 14.7. The Morgan fingerprint density at radius 1 is 0.325 bits per heavy atom. The predicted molar refractivity (Wildman–Crippen MR) is 331 cm³/mol. The molecular weight excluding hydrogens is 1100 g/mol. The molecule has 0 aromatic heterocycles. The molecule has 0 saturated carbocycles. The lowest BCUT2D eigenvalue weighted by Crippen LogP contribution is -2.30. The Morgan fingerprint density at radius 2 is 0.554 bits per heavy atom. The number of carbonyl (C=O) groups is 4. The van der Waals surface area contributed by atoms with Crippen LogP contribution in [-0.2, 0) is 65.4 Å². The molecule has 2 unspecified atom stereocenters. The van der Waals surface area contributed by atoms with Crippen LogP contribution in [0.4, 0.5) is 0 Å². The van der Waals surface area contributed by atoms with Crippen LogP contribution in [0.1, 0.15) is 318 Å². The summed E-state index contributed by atoms with van der Waals surface area (Å²) in [6.45, 7) is 9.36. The summed E-state index contributed by atoms with van der Waals surface area (Å²) < 4.78 is 67.9. The Morgan fingerprint density at radius 3 is 0.819 bits per heavy atom. The highest BCUT2D eigenvalue weighted by atomic mass is 31.2. The van der Waals surface area contributed by atoms with Crippen molar-refractivity contribution in [1.29, 1.82) is 0 Å². The van der Waals surface area contributed by atoms with Gasteiger partial charge >= 0.3 is 39.5 Å². The van der Waals surface area contributed by atoms with Crippen molar-refractivity contribution in [1.82, 2.24) is 0 Å². The lowest BCUT2D eigenvalue weighted by Gasteiger charge is -2.21. The lowest BCUT2D eigenvalue weighted by molar-refractivity contribution is -0.161.